The van der Waals surface area contributed by atoms with Gasteiger partial charge in [0.15, 0.2) is 15.6 Å². The number of Topliss-reactive ketones (excluding diaryl/α,β-unsaturated/α-hetero) is 1. The van der Waals surface area contributed by atoms with E-state index in [1.54, 1.807) is 6.92 Å². The van der Waals surface area contributed by atoms with Crippen LogP contribution in [0.3, 0.4) is 0 Å². The largest absolute Gasteiger partial charge is 0.466 e. The summed E-state index contributed by atoms with van der Waals surface area (Å²) in [5.74, 6) is -3.73. The van der Waals surface area contributed by atoms with Crippen LogP contribution in [0.4, 0.5) is 0 Å². The van der Waals surface area contributed by atoms with Crippen molar-refractivity contribution in [3.8, 4) is 0 Å². The Labute approximate surface area is 106 Å². The van der Waals surface area contributed by atoms with Crippen molar-refractivity contribution in [1.82, 2.24) is 4.90 Å². The van der Waals surface area contributed by atoms with Crippen molar-refractivity contribution in [3.05, 3.63) is 0 Å². The van der Waals surface area contributed by atoms with Gasteiger partial charge < -0.3 is 9.64 Å². The van der Waals surface area contributed by atoms with Crippen molar-refractivity contribution in [2.45, 2.75) is 13.3 Å². The van der Waals surface area contributed by atoms with Crippen LogP contribution in [0.15, 0.2) is 0 Å². The van der Waals surface area contributed by atoms with Gasteiger partial charge in [0.05, 0.1) is 6.61 Å². The van der Waals surface area contributed by atoms with Crippen molar-refractivity contribution in [3.63, 3.8) is 0 Å². The van der Waals surface area contributed by atoms with Crippen molar-refractivity contribution in [2.75, 3.05) is 32.2 Å². The molecule has 0 atom stereocenters. The number of ether oxygens (including phenoxy) is 1. The van der Waals surface area contributed by atoms with Crippen LogP contribution in [-0.2, 0) is 29.0 Å². The maximum atomic E-state index is 11.5. The number of amides is 1. The molecule has 0 fully saturated rings. The third-order valence-electron chi connectivity index (χ3n) is 1.87. The van der Waals surface area contributed by atoms with Crippen LogP contribution < -0.4 is 0 Å². The molecule has 0 radical (unpaired) electrons. The molecule has 0 saturated heterocycles. The smallest absolute Gasteiger partial charge is 0.313 e. The first-order chi connectivity index (χ1) is 8.18. The Bertz CT molecular complexity index is 426. The summed E-state index contributed by atoms with van der Waals surface area (Å²) < 4.78 is 27.5. The zero-order chi connectivity index (χ0) is 14.3. The molecule has 18 heavy (non-hydrogen) atoms. The molecule has 0 heterocycles. The van der Waals surface area contributed by atoms with Gasteiger partial charge in [-0.05, 0) is 6.92 Å². The van der Waals surface area contributed by atoms with E-state index in [1.165, 1.54) is 14.1 Å². The number of hydrogen-bond acceptors (Lipinski definition) is 6. The molecule has 104 valence electrons. The van der Waals surface area contributed by atoms with E-state index in [2.05, 4.69) is 4.74 Å². The number of carbonyl (C=O) groups is 3. The SMILES string of the molecule is CCOC(=O)CC(=O)CS(=O)(=O)CC(=O)N(C)C. The Morgan fingerprint density at radius 2 is 1.67 bits per heavy atom. The third-order valence-corrected chi connectivity index (χ3v) is 3.32. The average molecular weight is 279 g/mol. The Hall–Kier alpha value is -1.44. The summed E-state index contributed by atoms with van der Waals surface area (Å²) in [6, 6.07) is 0. The lowest BCUT2D eigenvalue weighted by Crippen LogP contribution is -2.32. The lowest BCUT2D eigenvalue weighted by atomic mass is 10.3. The highest BCUT2D eigenvalue weighted by atomic mass is 32.2. The van der Waals surface area contributed by atoms with Gasteiger partial charge in [-0.15, -0.1) is 0 Å². The number of hydrogen-bond donors (Lipinski definition) is 0. The molecule has 0 aliphatic rings. The van der Waals surface area contributed by atoms with Crippen LogP contribution in [0, 0.1) is 0 Å². The molecular weight excluding hydrogens is 262 g/mol. The Kier molecular flexibility index (Phi) is 6.53. The van der Waals surface area contributed by atoms with Crippen molar-refractivity contribution in [1.29, 1.82) is 0 Å². The normalized spacial score (nSPS) is 10.8. The predicted octanol–water partition coefficient (Wildman–Crippen LogP) is -0.988. The van der Waals surface area contributed by atoms with Crippen molar-refractivity contribution >= 4 is 27.5 Å². The first-order valence-electron chi connectivity index (χ1n) is 5.26. The average Bonchev–Trinajstić information content (AvgIpc) is 2.14. The second-order valence-electron chi connectivity index (χ2n) is 3.84. The van der Waals surface area contributed by atoms with E-state index in [-0.39, 0.29) is 6.61 Å². The van der Waals surface area contributed by atoms with Gasteiger partial charge in [-0.1, -0.05) is 0 Å². The molecule has 0 N–H and O–H groups in total. The highest BCUT2D eigenvalue weighted by Gasteiger charge is 2.23. The molecule has 0 aromatic heterocycles. The molecule has 0 aliphatic heterocycles. The van der Waals surface area contributed by atoms with Crippen LogP contribution in [0.1, 0.15) is 13.3 Å². The predicted molar refractivity (Wildman–Crippen MR) is 63.6 cm³/mol. The van der Waals surface area contributed by atoms with Gasteiger partial charge in [0.2, 0.25) is 5.91 Å². The van der Waals surface area contributed by atoms with E-state index < -0.39 is 45.4 Å². The monoisotopic (exact) mass is 279 g/mol. The molecule has 0 unspecified atom stereocenters. The minimum absolute atomic E-state index is 0.123. The first-order valence-corrected chi connectivity index (χ1v) is 7.08. The number of rotatable bonds is 7. The number of ketones is 1. The summed E-state index contributed by atoms with van der Waals surface area (Å²) >= 11 is 0. The maximum Gasteiger partial charge on any atom is 0.313 e. The number of sulfone groups is 1. The van der Waals surface area contributed by atoms with Gasteiger partial charge in [-0.3, -0.25) is 14.4 Å². The fourth-order valence-electron chi connectivity index (χ4n) is 1.04. The van der Waals surface area contributed by atoms with Gasteiger partial charge in [0, 0.05) is 14.1 Å². The summed E-state index contributed by atoms with van der Waals surface area (Å²) in [5, 5.41) is 0. The second-order valence-corrected chi connectivity index (χ2v) is 5.91. The van der Waals surface area contributed by atoms with E-state index in [0.29, 0.717) is 0 Å². The quantitative estimate of drug-likeness (QED) is 0.438. The summed E-state index contributed by atoms with van der Waals surface area (Å²) in [7, 11) is -1.00. The van der Waals surface area contributed by atoms with Crippen LogP contribution >= 0.6 is 0 Å². The molecule has 0 aromatic carbocycles. The highest BCUT2D eigenvalue weighted by Crippen LogP contribution is 1.98. The summed E-state index contributed by atoms with van der Waals surface area (Å²) in [5.41, 5.74) is 0. The van der Waals surface area contributed by atoms with E-state index in [4.69, 9.17) is 0 Å². The van der Waals surface area contributed by atoms with Gasteiger partial charge >= 0.3 is 5.97 Å². The van der Waals surface area contributed by atoms with E-state index in [0.717, 1.165) is 4.90 Å². The van der Waals surface area contributed by atoms with Crippen LogP contribution in [-0.4, -0.2) is 63.2 Å². The number of esters is 1. The zero-order valence-corrected chi connectivity index (χ0v) is 11.4. The fraction of sp³-hybridized carbons (Fsp3) is 0.700. The molecule has 0 rings (SSSR count). The molecule has 7 nitrogen and oxygen atoms in total. The van der Waals surface area contributed by atoms with Gasteiger partial charge in [0.25, 0.3) is 0 Å². The van der Waals surface area contributed by atoms with E-state index >= 15 is 0 Å². The van der Waals surface area contributed by atoms with Gasteiger partial charge in [-0.2, -0.15) is 0 Å². The highest BCUT2D eigenvalue weighted by molar-refractivity contribution is 7.92. The molecule has 0 spiro atoms. The minimum Gasteiger partial charge on any atom is -0.466 e. The Morgan fingerprint density at radius 1 is 1.11 bits per heavy atom. The molecule has 0 bridgehead atoms. The molecule has 0 saturated carbocycles. The van der Waals surface area contributed by atoms with Crippen molar-refractivity contribution < 1.29 is 27.5 Å². The second kappa shape index (κ2) is 7.10. The maximum absolute atomic E-state index is 11.5. The molecular formula is C10H17NO6S. The van der Waals surface area contributed by atoms with Crippen LogP contribution in [0.2, 0.25) is 0 Å². The third kappa shape index (κ3) is 7.00. The van der Waals surface area contributed by atoms with Crippen LogP contribution in [0.25, 0.3) is 0 Å². The van der Waals surface area contributed by atoms with E-state index in [9.17, 15) is 22.8 Å². The number of nitrogens with zero attached hydrogens (tertiary/aromatic N) is 1. The number of carbonyl (C=O) groups excluding carboxylic acids is 3. The minimum atomic E-state index is -3.83. The lowest BCUT2D eigenvalue weighted by molar-refractivity contribution is -0.145. The van der Waals surface area contributed by atoms with Gasteiger partial charge in [-0.25, -0.2) is 8.42 Å². The fourth-order valence-corrected chi connectivity index (χ4v) is 2.37. The summed E-state index contributed by atoms with van der Waals surface area (Å²) in [4.78, 5) is 34.6. The Balaban J connectivity index is 4.37. The summed E-state index contributed by atoms with van der Waals surface area (Å²) in [6.45, 7) is 1.70. The Morgan fingerprint density at radius 3 is 2.11 bits per heavy atom. The lowest BCUT2D eigenvalue weighted by Gasteiger charge is -2.10. The van der Waals surface area contributed by atoms with Gasteiger partial charge in [0.1, 0.15) is 17.9 Å². The standard InChI is InChI=1S/C10H17NO6S/c1-4-17-10(14)5-8(12)6-18(15,16)7-9(13)11(2)3/h4-7H2,1-3H3. The first kappa shape index (κ1) is 16.6. The molecule has 8 heteroatoms. The topological polar surface area (TPSA) is 97.8 Å². The molecule has 1 amide bonds. The van der Waals surface area contributed by atoms with E-state index in [1.807, 2.05) is 0 Å². The summed E-state index contributed by atoms with van der Waals surface area (Å²) in [6.07, 6.45) is -0.594. The zero-order valence-electron chi connectivity index (χ0n) is 10.6. The van der Waals surface area contributed by atoms with Crippen LogP contribution in [0.5, 0.6) is 0 Å². The molecule has 0 aliphatic carbocycles. The molecule has 0 aromatic rings. The van der Waals surface area contributed by atoms with Crippen molar-refractivity contribution in [2.24, 2.45) is 0 Å².